The van der Waals surface area contributed by atoms with E-state index in [0.29, 0.717) is 24.3 Å². The number of para-hydroxylation sites is 1. The summed E-state index contributed by atoms with van der Waals surface area (Å²) in [6, 6.07) is 4.47. The van der Waals surface area contributed by atoms with Gasteiger partial charge in [0.2, 0.25) is 0 Å². The van der Waals surface area contributed by atoms with Crippen LogP contribution in [0.4, 0.5) is 16.3 Å². The van der Waals surface area contributed by atoms with Crippen LogP contribution in [0.2, 0.25) is 0 Å². The average Bonchev–Trinajstić information content (AvgIpc) is 2.77. The van der Waals surface area contributed by atoms with Gasteiger partial charge in [0.1, 0.15) is 12.1 Å². The maximum absolute atomic E-state index is 12.0. The van der Waals surface area contributed by atoms with Crippen molar-refractivity contribution in [2.24, 2.45) is 0 Å². The predicted molar refractivity (Wildman–Crippen MR) is 71.6 cm³/mol. The van der Waals surface area contributed by atoms with E-state index >= 15 is 0 Å². The van der Waals surface area contributed by atoms with Crippen molar-refractivity contribution < 1.29 is 9.72 Å². The van der Waals surface area contributed by atoms with Gasteiger partial charge in [0, 0.05) is 26.2 Å². The molecule has 1 aromatic heterocycles. The first-order chi connectivity index (χ1) is 9.59. The highest BCUT2D eigenvalue weighted by Crippen LogP contribution is 2.30. The topological polar surface area (TPSA) is 92.5 Å². The Kier molecular flexibility index (Phi) is 2.70. The van der Waals surface area contributed by atoms with Crippen molar-refractivity contribution in [2.75, 3.05) is 25.0 Å². The maximum Gasteiger partial charge on any atom is 0.325 e. The smallest absolute Gasteiger partial charge is 0.325 e. The molecule has 0 N–H and O–H groups in total. The molecule has 20 heavy (non-hydrogen) atoms. The molecular formula is C12H11N5O3. The van der Waals surface area contributed by atoms with Gasteiger partial charge in [0.25, 0.3) is 5.69 Å². The van der Waals surface area contributed by atoms with Gasteiger partial charge < -0.3 is 4.90 Å². The fourth-order valence-corrected chi connectivity index (χ4v) is 2.26. The van der Waals surface area contributed by atoms with E-state index in [0.717, 1.165) is 0 Å². The van der Waals surface area contributed by atoms with Gasteiger partial charge in [-0.25, -0.2) is 14.8 Å². The molecule has 0 aliphatic carbocycles. The number of nitrogens with zero attached hydrogens (tertiary/aromatic N) is 5. The van der Waals surface area contributed by atoms with Crippen molar-refractivity contribution in [3.8, 4) is 0 Å². The molecule has 0 bridgehead atoms. The standard InChI is InChI=1S/C12H11N5O3/c1-15-5-6-16(12(15)18)11-8-3-2-4-9(17(19)20)10(8)13-7-14-11/h2-4,7H,5-6H2,1H3. The number of non-ortho nitro benzene ring substituents is 1. The Labute approximate surface area is 113 Å². The Morgan fingerprint density at radius 2 is 2.10 bits per heavy atom. The van der Waals surface area contributed by atoms with Crippen LogP contribution >= 0.6 is 0 Å². The number of carbonyl (C=O) groups excluding carboxylic acids is 1. The molecule has 0 atom stereocenters. The quantitative estimate of drug-likeness (QED) is 0.609. The van der Waals surface area contributed by atoms with Crippen LogP contribution in [0.5, 0.6) is 0 Å². The molecule has 0 radical (unpaired) electrons. The largest absolute Gasteiger partial charge is 0.326 e. The first-order valence-electron chi connectivity index (χ1n) is 6.00. The van der Waals surface area contributed by atoms with Crippen LogP contribution < -0.4 is 4.90 Å². The second-order valence-corrected chi connectivity index (χ2v) is 4.48. The molecular weight excluding hydrogens is 262 g/mol. The molecule has 1 aromatic carbocycles. The summed E-state index contributed by atoms with van der Waals surface area (Å²) in [5.74, 6) is 0.410. The number of hydrogen-bond donors (Lipinski definition) is 0. The molecule has 2 amide bonds. The molecule has 0 unspecified atom stereocenters. The van der Waals surface area contributed by atoms with Crippen LogP contribution in [0.25, 0.3) is 10.9 Å². The number of benzene rings is 1. The number of hydrogen-bond acceptors (Lipinski definition) is 5. The highest BCUT2D eigenvalue weighted by atomic mass is 16.6. The SMILES string of the molecule is CN1CCN(c2ncnc3c([N+](=O)[O-])cccc23)C1=O. The van der Waals surface area contributed by atoms with E-state index in [1.165, 1.54) is 17.3 Å². The van der Waals surface area contributed by atoms with Crippen molar-refractivity contribution in [1.29, 1.82) is 0 Å². The fraction of sp³-hybridized carbons (Fsp3) is 0.250. The summed E-state index contributed by atoms with van der Waals surface area (Å²) < 4.78 is 0. The summed E-state index contributed by atoms with van der Waals surface area (Å²) in [7, 11) is 1.70. The van der Waals surface area contributed by atoms with Crippen molar-refractivity contribution in [3.63, 3.8) is 0 Å². The lowest BCUT2D eigenvalue weighted by Crippen LogP contribution is -2.30. The average molecular weight is 273 g/mol. The summed E-state index contributed by atoms with van der Waals surface area (Å²) in [6.45, 7) is 1.10. The second-order valence-electron chi connectivity index (χ2n) is 4.48. The number of urea groups is 1. The highest BCUT2D eigenvalue weighted by Gasteiger charge is 2.29. The third-order valence-corrected chi connectivity index (χ3v) is 3.29. The van der Waals surface area contributed by atoms with Crippen LogP contribution in [0, 0.1) is 10.1 Å². The fourth-order valence-electron chi connectivity index (χ4n) is 2.26. The van der Waals surface area contributed by atoms with Gasteiger partial charge in [0.15, 0.2) is 5.52 Å². The predicted octanol–water partition coefficient (Wildman–Crippen LogP) is 1.41. The van der Waals surface area contributed by atoms with Crippen molar-refractivity contribution in [1.82, 2.24) is 14.9 Å². The minimum Gasteiger partial charge on any atom is -0.326 e. The summed E-state index contributed by atoms with van der Waals surface area (Å²) in [5.41, 5.74) is 0.149. The molecule has 1 saturated heterocycles. The van der Waals surface area contributed by atoms with Gasteiger partial charge in [0.05, 0.1) is 10.3 Å². The van der Waals surface area contributed by atoms with E-state index < -0.39 is 4.92 Å². The van der Waals surface area contributed by atoms with E-state index in [1.54, 1.807) is 24.1 Å². The minimum absolute atomic E-state index is 0.0915. The number of nitro benzene ring substituents is 1. The number of carbonyl (C=O) groups is 1. The monoisotopic (exact) mass is 273 g/mol. The van der Waals surface area contributed by atoms with Crippen LogP contribution in [0.3, 0.4) is 0 Å². The third-order valence-electron chi connectivity index (χ3n) is 3.29. The minimum atomic E-state index is -0.489. The summed E-state index contributed by atoms with van der Waals surface area (Å²) in [6.07, 6.45) is 1.25. The number of fused-ring (bicyclic) bond motifs is 1. The molecule has 2 heterocycles. The summed E-state index contributed by atoms with van der Waals surface area (Å²) in [5, 5.41) is 11.5. The van der Waals surface area contributed by atoms with Gasteiger partial charge in [-0.3, -0.25) is 15.0 Å². The second kappa shape index (κ2) is 4.41. The first-order valence-corrected chi connectivity index (χ1v) is 6.00. The lowest BCUT2D eigenvalue weighted by molar-refractivity contribution is -0.383. The molecule has 0 saturated carbocycles. The molecule has 1 aliphatic rings. The van der Waals surface area contributed by atoms with Crippen LogP contribution in [-0.4, -0.2) is 46.0 Å². The molecule has 1 fully saturated rings. The Morgan fingerprint density at radius 1 is 1.30 bits per heavy atom. The van der Waals surface area contributed by atoms with Crippen molar-refractivity contribution in [3.05, 3.63) is 34.6 Å². The number of rotatable bonds is 2. The Balaban J connectivity index is 2.20. The van der Waals surface area contributed by atoms with Crippen molar-refractivity contribution in [2.45, 2.75) is 0 Å². The van der Waals surface area contributed by atoms with Gasteiger partial charge in [-0.15, -0.1) is 0 Å². The van der Waals surface area contributed by atoms with Crippen molar-refractivity contribution >= 4 is 28.4 Å². The Hall–Kier alpha value is -2.77. The number of likely N-dealkylation sites (N-methyl/N-ethyl adjacent to an activating group) is 1. The third kappa shape index (κ3) is 1.73. The lowest BCUT2D eigenvalue weighted by Gasteiger charge is -2.16. The molecule has 8 heteroatoms. The van der Waals surface area contributed by atoms with E-state index in [-0.39, 0.29) is 17.2 Å². The Morgan fingerprint density at radius 3 is 2.75 bits per heavy atom. The van der Waals surface area contributed by atoms with Gasteiger partial charge in [-0.1, -0.05) is 6.07 Å². The van der Waals surface area contributed by atoms with Gasteiger partial charge >= 0.3 is 6.03 Å². The number of anilines is 1. The summed E-state index contributed by atoms with van der Waals surface area (Å²) in [4.78, 5) is 33.7. The zero-order valence-electron chi connectivity index (χ0n) is 10.7. The Bertz CT molecular complexity index is 717. The summed E-state index contributed by atoms with van der Waals surface area (Å²) >= 11 is 0. The van der Waals surface area contributed by atoms with Crippen LogP contribution in [-0.2, 0) is 0 Å². The molecule has 8 nitrogen and oxygen atoms in total. The highest BCUT2D eigenvalue weighted by molar-refractivity contribution is 6.03. The maximum atomic E-state index is 12.0. The molecule has 2 aromatic rings. The number of aromatic nitrogens is 2. The lowest BCUT2D eigenvalue weighted by atomic mass is 10.2. The number of nitro groups is 1. The molecule has 1 aliphatic heterocycles. The molecule has 102 valence electrons. The van der Waals surface area contributed by atoms with Crippen LogP contribution in [0.15, 0.2) is 24.5 Å². The van der Waals surface area contributed by atoms with Gasteiger partial charge in [-0.05, 0) is 6.07 Å². The first kappa shape index (κ1) is 12.3. The normalized spacial score (nSPS) is 15.2. The van der Waals surface area contributed by atoms with E-state index in [9.17, 15) is 14.9 Å². The zero-order valence-corrected chi connectivity index (χ0v) is 10.7. The van der Waals surface area contributed by atoms with E-state index in [2.05, 4.69) is 9.97 Å². The molecule has 3 rings (SSSR count). The van der Waals surface area contributed by atoms with Gasteiger partial charge in [-0.2, -0.15) is 0 Å². The van der Waals surface area contributed by atoms with E-state index in [1.807, 2.05) is 0 Å². The van der Waals surface area contributed by atoms with E-state index in [4.69, 9.17) is 0 Å². The zero-order chi connectivity index (χ0) is 14.3. The number of amides is 2. The molecule has 0 spiro atoms. The van der Waals surface area contributed by atoms with Crippen LogP contribution in [0.1, 0.15) is 0 Å².